The first kappa shape index (κ1) is 13.1. The summed E-state index contributed by atoms with van der Waals surface area (Å²) in [6.45, 7) is 5.12. The van der Waals surface area contributed by atoms with Crippen molar-refractivity contribution in [1.29, 1.82) is 0 Å². The summed E-state index contributed by atoms with van der Waals surface area (Å²) in [5.74, 6) is -0.0954. The molecule has 85 valence electrons. The van der Waals surface area contributed by atoms with Crippen LogP contribution < -0.4 is 5.46 Å². The molecule has 1 radical (unpaired) electrons. The van der Waals surface area contributed by atoms with Crippen LogP contribution in [-0.2, 0) is 0 Å². The molecule has 1 rings (SSSR count). The van der Waals surface area contributed by atoms with Crippen LogP contribution in [0.3, 0.4) is 0 Å². The third kappa shape index (κ3) is 2.77. The van der Waals surface area contributed by atoms with Crippen molar-refractivity contribution in [3.63, 3.8) is 0 Å². The van der Waals surface area contributed by atoms with Crippen molar-refractivity contribution in [2.45, 2.75) is 13.8 Å². The average molecular weight is 239 g/mol. The summed E-state index contributed by atoms with van der Waals surface area (Å²) < 4.78 is 0. The van der Waals surface area contributed by atoms with E-state index in [1.165, 1.54) is 0 Å². The van der Waals surface area contributed by atoms with E-state index in [-0.39, 0.29) is 5.91 Å². The normalized spacial score (nSPS) is 10.0. The SMILES string of the molecule is CCN(CC)C(=O)c1ccc(Cl)cc1[B]O. The first-order chi connectivity index (χ1) is 7.63. The number of nitrogens with zero attached hydrogens (tertiary/aromatic N) is 1. The van der Waals surface area contributed by atoms with Crippen LogP contribution in [0.25, 0.3) is 0 Å². The lowest BCUT2D eigenvalue weighted by Crippen LogP contribution is -2.35. The molecule has 0 saturated heterocycles. The predicted octanol–water partition coefficient (Wildman–Crippen LogP) is 1.06. The quantitative estimate of drug-likeness (QED) is 0.797. The highest BCUT2D eigenvalue weighted by atomic mass is 35.5. The van der Waals surface area contributed by atoms with Gasteiger partial charge in [0.2, 0.25) is 0 Å². The van der Waals surface area contributed by atoms with E-state index in [0.29, 0.717) is 29.1 Å². The van der Waals surface area contributed by atoms with Gasteiger partial charge in [0.05, 0.1) is 0 Å². The Morgan fingerprint density at radius 2 is 2.06 bits per heavy atom. The molecule has 0 aliphatic heterocycles. The standard InChI is InChI=1S/C11H14BClNO2/c1-3-14(4-2)11(15)9-6-5-8(13)7-10(9)12-16/h5-7,16H,3-4H2,1-2H3. The van der Waals surface area contributed by atoms with Crippen molar-refractivity contribution in [2.24, 2.45) is 0 Å². The molecule has 1 aromatic rings. The topological polar surface area (TPSA) is 40.5 Å². The summed E-state index contributed by atoms with van der Waals surface area (Å²) in [4.78, 5) is 13.7. The van der Waals surface area contributed by atoms with Crippen molar-refractivity contribution in [3.8, 4) is 0 Å². The summed E-state index contributed by atoms with van der Waals surface area (Å²) in [6, 6.07) is 4.84. The number of rotatable bonds is 4. The second-order valence-electron chi connectivity index (χ2n) is 3.34. The summed E-state index contributed by atoms with van der Waals surface area (Å²) in [7, 11) is 0.905. The number of carbonyl (C=O) groups excluding carboxylic acids is 1. The fourth-order valence-corrected chi connectivity index (χ4v) is 1.70. The largest absolute Gasteiger partial charge is 0.450 e. The molecule has 5 heteroatoms. The van der Waals surface area contributed by atoms with E-state index in [2.05, 4.69) is 0 Å². The summed E-state index contributed by atoms with van der Waals surface area (Å²) in [5.41, 5.74) is 0.917. The molecule has 3 nitrogen and oxygen atoms in total. The maximum atomic E-state index is 12.0. The third-order valence-corrected chi connectivity index (χ3v) is 2.67. The Kier molecular flexibility index (Phi) is 4.84. The van der Waals surface area contributed by atoms with Crippen LogP contribution in [0, 0.1) is 0 Å². The third-order valence-electron chi connectivity index (χ3n) is 2.43. The van der Waals surface area contributed by atoms with Gasteiger partial charge in [0.25, 0.3) is 5.91 Å². The van der Waals surface area contributed by atoms with Gasteiger partial charge in [-0.1, -0.05) is 11.6 Å². The Hall–Kier alpha value is -0.995. The Morgan fingerprint density at radius 3 is 2.56 bits per heavy atom. The monoisotopic (exact) mass is 238 g/mol. The van der Waals surface area contributed by atoms with Gasteiger partial charge in [0, 0.05) is 23.7 Å². The van der Waals surface area contributed by atoms with Gasteiger partial charge in [0.1, 0.15) is 0 Å². The summed E-state index contributed by atoms with van der Waals surface area (Å²) in [5, 5.41) is 9.56. The lowest BCUT2D eigenvalue weighted by Gasteiger charge is -2.20. The van der Waals surface area contributed by atoms with E-state index in [1.807, 2.05) is 13.8 Å². The van der Waals surface area contributed by atoms with Crippen molar-refractivity contribution in [2.75, 3.05) is 13.1 Å². The van der Waals surface area contributed by atoms with Crippen molar-refractivity contribution in [3.05, 3.63) is 28.8 Å². The van der Waals surface area contributed by atoms with Crippen LogP contribution in [0.4, 0.5) is 0 Å². The molecule has 1 N–H and O–H groups in total. The van der Waals surface area contributed by atoms with Crippen molar-refractivity contribution < 1.29 is 9.82 Å². The molecular weight excluding hydrogens is 224 g/mol. The second kappa shape index (κ2) is 5.92. The van der Waals surface area contributed by atoms with Gasteiger partial charge in [-0.15, -0.1) is 0 Å². The van der Waals surface area contributed by atoms with Crippen molar-refractivity contribution in [1.82, 2.24) is 4.90 Å². The molecule has 0 aliphatic rings. The van der Waals surface area contributed by atoms with Crippen LogP contribution in [0.15, 0.2) is 18.2 Å². The molecule has 0 bridgehead atoms. The Labute approximate surface area is 101 Å². The van der Waals surface area contributed by atoms with Gasteiger partial charge < -0.3 is 9.92 Å². The number of hydrogen-bond donors (Lipinski definition) is 1. The highest BCUT2D eigenvalue weighted by molar-refractivity contribution is 6.49. The van der Waals surface area contributed by atoms with E-state index < -0.39 is 0 Å². The molecule has 0 fully saturated rings. The van der Waals surface area contributed by atoms with Crippen LogP contribution in [0.1, 0.15) is 24.2 Å². The first-order valence-electron chi connectivity index (χ1n) is 5.20. The highest BCUT2D eigenvalue weighted by Crippen LogP contribution is 2.09. The Morgan fingerprint density at radius 1 is 1.44 bits per heavy atom. The average Bonchev–Trinajstić information content (AvgIpc) is 2.30. The number of hydrogen-bond acceptors (Lipinski definition) is 2. The Bertz CT molecular complexity index is 380. The zero-order chi connectivity index (χ0) is 12.1. The number of benzene rings is 1. The lowest BCUT2D eigenvalue weighted by molar-refractivity contribution is 0.0774. The van der Waals surface area contributed by atoms with E-state index in [0.717, 1.165) is 7.48 Å². The molecule has 0 heterocycles. The van der Waals surface area contributed by atoms with Gasteiger partial charge in [-0.25, -0.2) is 0 Å². The zero-order valence-electron chi connectivity index (χ0n) is 9.40. The minimum absolute atomic E-state index is 0.0954. The maximum Gasteiger partial charge on any atom is 0.327 e. The molecular formula is C11H14BClNO2. The molecule has 0 unspecified atom stereocenters. The minimum atomic E-state index is -0.0954. The van der Waals surface area contributed by atoms with Crippen LogP contribution in [0.2, 0.25) is 5.02 Å². The molecule has 1 aromatic carbocycles. The Balaban J connectivity index is 3.07. The zero-order valence-corrected chi connectivity index (χ0v) is 10.2. The van der Waals surface area contributed by atoms with E-state index in [9.17, 15) is 4.79 Å². The first-order valence-corrected chi connectivity index (χ1v) is 5.58. The minimum Gasteiger partial charge on any atom is -0.450 e. The summed E-state index contributed by atoms with van der Waals surface area (Å²) in [6.07, 6.45) is 0. The van der Waals surface area contributed by atoms with E-state index >= 15 is 0 Å². The van der Waals surface area contributed by atoms with Gasteiger partial charge >= 0.3 is 7.48 Å². The molecule has 0 aliphatic carbocycles. The fourth-order valence-electron chi connectivity index (χ4n) is 1.52. The van der Waals surface area contributed by atoms with Gasteiger partial charge in [-0.3, -0.25) is 4.79 Å². The highest BCUT2D eigenvalue weighted by Gasteiger charge is 2.16. The van der Waals surface area contributed by atoms with Gasteiger partial charge in [-0.05, 0) is 37.5 Å². The molecule has 0 spiro atoms. The van der Waals surface area contributed by atoms with Crippen LogP contribution in [-0.4, -0.2) is 36.4 Å². The van der Waals surface area contributed by atoms with E-state index in [4.69, 9.17) is 16.6 Å². The van der Waals surface area contributed by atoms with E-state index in [1.54, 1.807) is 23.1 Å². The maximum absolute atomic E-state index is 12.0. The summed E-state index contributed by atoms with van der Waals surface area (Å²) >= 11 is 5.79. The fraction of sp³-hybridized carbons (Fsp3) is 0.364. The number of amides is 1. The predicted molar refractivity (Wildman–Crippen MR) is 66.3 cm³/mol. The van der Waals surface area contributed by atoms with Gasteiger partial charge in [-0.2, -0.15) is 0 Å². The van der Waals surface area contributed by atoms with Crippen LogP contribution >= 0.6 is 11.6 Å². The lowest BCUT2D eigenvalue weighted by atomic mass is 9.84. The van der Waals surface area contributed by atoms with Crippen LogP contribution in [0.5, 0.6) is 0 Å². The smallest absolute Gasteiger partial charge is 0.327 e. The molecule has 0 atom stereocenters. The molecule has 16 heavy (non-hydrogen) atoms. The molecule has 0 saturated carbocycles. The number of halogens is 1. The van der Waals surface area contributed by atoms with Crippen molar-refractivity contribution >= 4 is 30.5 Å². The molecule has 1 amide bonds. The van der Waals surface area contributed by atoms with Gasteiger partial charge in [0.15, 0.2) is 0 Å². The second-order valence-corrected chi connectivity index (χ2v) is 3.77. The number of carbonyl (C=O) groups is 1. The molecule has 0 aromatic heterocycles.